The van der Waals surface area contributed by atoms with Crippen molar-refractivity contribution in [3.8, 4) is 0 Å². The van der Waals surface area contributed by atoms with Crippen LogP contribution in [0.1, 0.15) is 33.3 Å². The molecule has 0 aliphatic rings. The summed E-state index contributed by atoms with van der Waals surface area (Å²) in [6, 6.07) is 14.3. The molecule has 6 nitrogen and oxygen atoms in total. The average Bonchev–Trinajstić information content (AvgIpc) is 2.67. The summed E-state index contributed by atoms with van der Waals surface area (Å²) in [5, 5.41) is 11.4. The molecular formula is C23H30N4O2. The minimum Gasteiger partial charge on any atom is -0.374 e. The summed E-state index contributed by atoms with van der Waals surface area (Å²) >= 11 is 0. The van der Waals surface area contributed by atoms with E-state index in [0.717, 1.165) is 11.4 Å². The van der Waals surface area contributed by atoms with Crippen molar-refractivity contribution >= 4 is 29.0 Å². The molecule has 3 amide bonds. The second-order valence-corrected chi connectivity index (χ2v) is 7.88. The highest BCUT2D eigenvalue weighted by Crippen LogP contribution is 2.23. The van der Waals surface area contributed by atoms with E-state index in [1.165, 1.54) is 5.56 Å². The fourth-order valence-corrected chi connectivity index (χ4v) is 2.61. The monoisotopic (exact) mass is 394 g/mol. The minimum atomic E-state index is -0.424. The Balaban J connectivity index is 1.89. The molecule has 0 saturated heterocycles. The van der Waals surface area contributed by atoms with Crippen LogP contribution in [0, 0.1) is 0 Å². The molecule has 0 aliphatic carbocycles. The fourth-order valence-electron chi connectivity index (χ4n) is 2.61. The Morgan fingerprint density at radius 2 is 1.45 bits per heavy atom. The van der Waals surface area contributed by atoms with Crippen molar-refractivity contribution in [3.05, 3.63) is 66.7 Å². The molecule has 2 rings (SSSR count). The van der Waals surface area contributed by atoms with Gasteiger partial charge in [-0.1, -0.05) is 39.0 Å². The Labute approximate surface area is 172 Å². The van der Waals surface area contributed by atoms with Gasteiger partial charge in [0.15, 0.2) is 0 Å². The summed E-state index contributed by atoms with van der Waals surface area (Å²) in [6.45, 7) is 12.2. The number of hydrogen-bond donors (Lipinski definition) is 4. The van der Waals surface area contributed by atoms with Gasteiger partial charge in [0.2, 0.25) is 5.91 Å². The van der Waals surface area contributed by atoms with Crippen molar-refractivity contribution in [2.75, 3.05) is 22.5 Å². The number of rotatable bonds is 7. The largest absolute Gasteiger partial charge is 0.374 e. The van der Waals surface area contributed by atoms with E-state index in [2.05, 4.69) is 48.6 Å². The third-order valence-corrected chi connectivity index (χ3v) is 4.34. The van der Waals surface area contributed by atoms with Crippen LogP contribution in [0.2, 0.25) is 0 Å². The van der Waals surface area contributed by atoms with E-state index < -0.39 is 6.04 Å². The first kappa shape index (κ1) is 22.0. The number of anilines is 3. The highest BCUT2D eigenvalue weighted by Gasteiger charge is 2.15. The number of carbonyl (C=O) groups is 2. The van der Waals surface area contributed by atoms with Gasteiger partial charge < -0.3 is 21.3 Å². The molecule has 0 fully saturated rings. The molecule has 1 atom stereocenters. The zero-order valence-corrected chi connectivity index (χ0v) is 17.5. The van der Waals surface area contributed by atoms with Gasteiger partial charge in [0.05, 0.1) is 0 Å². The molecule has 0 aliphatic heterocycles. The lowest BCUT2D eigenvalue weighted by Gasteiger charge is -2.20. The highest BCUT2D eigenvalue weighted by atomic mass is 16.2. The Kier molecular flexibility index (Phi) is 7.42. The van der Waals surface area contributed by atoms with Crippen molar-refractivity contribution < 1.29 is 9.59 Å². The van der Waals surface area contributed by atoms with Gasteiger partial charge in [-0.05, 0) is 54.3 Å². The van der Waals surface area contributed by atoms with E-state index in [-0.39, 0.29) is 17.4 Å². The molecule has 29 heavy (non-hydrogen) atoms. The fraction of sp³-hybridized carbons (Fsp3) is 0.304. The van der Waals surface area contributed by atoms with E-state index in [1.807, 2.05) is 36.4 Å². The summed E-state index contributed by atoms with van der Waals surface area (Å²) in [4.78, 5) is 24.1. The van der Waals surface area contributed by atoms with Gasteiger partial charge in [-0.3, -0.25) is 4.79 Å². The van der Waals surface area contributed by atoms with Crippen molar-refractivity contribution in [1.29, 1.82) is 0 Å². The molecule has 2 aromatic carbocycles. The molecular weight excluding hydrogens is 364 g/mol. The maximum atomic E-state index is 12.5. The van der Waals surface area contributed by atoms with E-state index in [0.29, 0.717) is 12.2 Å². The Hall–Kier alpha value is -3.28. The third-order valence-electron chi connectivity index (χ3n) is 4.34. The molecule has 0 heterocycles. The van der Waals surface area contributed by atoms with Crippen molar-refractivity contribution in [2.24, 2.45) is 0 Å². The average molecular weight is 395 g/mol. The number of urea groups is 1. The molecule has 0 bridgehead atoms. The van der Waals surface area contributed by atoms with Crippen LogP contribution in [0.15, 0.2) is 61.2 Å². The van der Waals surface area contributed by atoms with Crippen LogP contribution in [-0.2, 0) is 10.2 Å². The summed E-state index contributed by atoms with van der Waals surface area (Å²) in [7, 11) is 0. The number of carbonyl (C=O) groups excluding carboxylic acids is 2. The molecule has 0 saturated carbocycles. The smallest absolute Gasteiger partial charge is 0.319 e. The number of hydrogen-bond acceptors (Lipinski definition) is 3. The van der Waals surface area contributed by atoms with Gasteiger partial charge in [-0.25, -0.2) is 4.79 Å². The maximum absolute atomic E-state index is 12.5. The molecule has 6 heteroatoms. The van der Waals surface area contributed by atoms with Crippen LogP contribution in [0.4, 0.5) is 21.9 Å². The van der Waals surface area contributed by atoms with Crippen molar-refractivity contribution in [2.45, 2.75) is 39.2 Å². The first-order valence-corrected chi connectivity index (χ1v) is 9.63. The number of nitrogens with one attached hydrogen (secondary N) is 4. The summed E-state index contributed by atoms with van der Waals surface area (Å²) in [5.74, 6) is -0.125. The lowest BCUT2D eigenvalue weighted by Crippen LogP contribution is -2.32. The van der Waals surface area contributed by atoms with Crippen LogP contribution in [0.25, 0.3) is 0 Å². The quantitative estimate of drug-likeness (QED) is 0.512. The predicted octanol–water partition coefficient (Wildman–Crippen LogP) is 4.73. The maximum Gasteiger partial charge on any atom is 0.319 e. The molecule has 1 unspecified atom stereocenters. The SMILES string of the molecule is C=CCNC(=O)Nc1ccc(NC(C)C(=O)Nc2ccc(C(C)(C)C)cc2)cc1. The van der Waals surface area contributed by atoms with Gasteiger partial charge in [0, 0.05) is 23.6 Å². The van der Waals surface area contributed by atoms with Crippen LogP contribution in [0.3, 0.4) is 0 Å². The number of benzene rings is 2. The molecule has 0 spiro atoms. The highest BCUT2D eigenvalue weighted by molar-refractivity contribution is 5.96. The van der Waals surface area contributed by atoms with Crippen LogP contribution >= 0.6 is 0 Å². The van der Waals surface area contributed by atoms with E-state index in [4.69, 9.17) is 0 Å². The molecule has 0 aromatic heterocycles. The first-order valence-electron chi connectivity index (χ1n) is 9.63. The zero-order valence-electron chi connectivity index (χ0n) is 17.5. The number of amides is 3. The summed E-state index contributed by atoms with van der Waals surface area (Å²) < 4.78 is 0. The standard InChI is InChI=1S/C23H30N4O2/c1-6-15-24-22(29)27-20-13-11-18(12-14-20)25-16(2)21(28)26-19-9-7-17(8-10-19)23(3,4)5/h6-14,16,25H,1,15H2,2-5H3,(H,26,28)(H2,24,27,29). The van der Waals surface area contributed by atoms with Crippen LogP contribution < -0.4 is 21.3 Å². The first-order chi connectivity index (χ1) is 13.7. The van der Waals surface area contributed by atoms with Gasteiger partial charge in [-0.15, -0.1) is 6.58 Å². The van der Waals surface area contributed by atoms with Crippen LogP contribution in [0.5, 0.6) is 0 Å². The predicted molar refractivity (Wildman–Crippen MR) is 121 cm³/mol. The normalized spacial score (nSPS) is 11.9. The zero-order chi connectivity index (χ0) is 21.4. The van der Waals surface area contributed by atoms with E-state index in [1.54, 1.807) is 25.1 Å². The van der Waals surface area contributed by atoms with E-state index in [9.17, 15) is 9.59 Å². The Morgan fingerprint density at radius 3 is 2.00 bits per heavy atom. The third kappa shape index (κ3) is 6.99. The Morgan fingerprint density at radius 1 is 0.931 bits per heavy atom. The topological polar surface area (TPSA) is 82.3 Å². The summed E-state index contributed by atoms with van der Waals surface area (Å²) in [6.07, 6.45) is 1.61. The van der Waals surface area contributed by atoms with Gasteiger partial charge >= 0.3 is 6.03 Å². The van der Waals surface area contributed by atoms with Gasteiger partial charge in [0.25, 0.3) is 0 Å². The lowest BCUT2D eigenvalue weighted by atomic mass is 9.87. The van der Waals surface area contributed by atoms with Crippen LogP contribution in [-0.4, -0.2) is 24.5 Å². The Bertz CT molecular complexity index is 837. The second kappa shape index (κ2) is 9.78. The van der Waals surface area contributed by atoms with Crippen molar-refractivity contribution in [3.63, 3.8) is 0 Å². The molecule has 2 aromatic rings. The summed E-state index contributed by atoms with van der Waals surface area (Å²) in [5.41, 5.74) is 3.50. The molecule has 154 valence electrons. The second-order valence-electron chi connectivity index (χ2n) is 7.88. The van der Waals surface area contributed by atoms with E-state index >= 15 is 0 Å². The minimum absolute atomic E-state index is 0.0741. The molecule has 4 N–H and O–H groups in total. The van der Waals surface area contributed by atoms with Gasteiger partial charge in [0.1, 0.15) is 6.04 Å². The molecule has 0 radical (unpaired) electrons. The van der Waals surface area contributed by atoms with Crippen molar-refractivity contribution in [1.82, 2.24) is 5.32 Å². The van der Waals surface area contributed by atoms with Gasteiger partial charge in [-0.2, -0.15) is 0 Å². The lowest BCUT2D eigenvalue weighted by molar-refractivity contribution is -0.116.